The fourth-order valence-electron chi connectivity index (χ4n) is 1.12. The minimum atomic E-state index is -0.403. The number of hydrogen-bond acceptors (Lipinski definition) is 3. The minimum Gasteiger partial charge on any atom is -0.365 e. The molecule has 2 heterocycles. The zero-order chi connectivity index (χ0) is 9.26. The van der Waals surface area contributed by atoms with E-state index in [0.29, 0.717) is 4.88 Å². The highest BCUT2D eigenvalue weighted by atomic mass is 32.1. The van der Waals surface area contributed by atoms with Gasteiger partial charge in [-0.1, -0.05) is 0 Å². The molecule has 0 saturated heterocycles. The quantitative estimate of drug-likeness (QED) is 0.753. The molecule has 0 aliphatic rings. The van der Waals surface area contributed by atoms with E-state index in [2.05, 4.69) is 10.2 Å². The highest BCUT2D eigenvalue weighted by molar-refractivity contribution is 7.12. The number of amides is 1. The fraction of sp³-hybridized carbons (Fsp3) is 0. The van der Waals surface area contributed by atoms with Crippen LogP contribution in [0.4, 0.5) is 0 Å². The molecule has 0 aliphatic heterocycles. The summed E-state index contributed by atoms with van der Waals surface area (Å²) in [5.41, 5.74) is 6.83. The molecule has 3 N–H and O–H groups in total. The Balaban J connectivity index is 2.52. The van der Waals surface area contributed by atoms with E-state index in [9.17, 15) is 4.79 Å². The van der Waals surface area contributed by atoms with E-state index in [1.165, 1.54) is 11.3 Å². The number of aromatic amines is 1. The van der Waals surface area contributed by atoms with Crippen molar-refractivity contribution in [2.45, 2.75) is 0 Å². The van der Waals surface area contributed by atoms with E-state index in [4.69, 9.17) is 5.73 Å². The predicted molar refractivity (Wildman–Crippen MR) is 50.4 cm³/mol. The summed E-state index contributed by atoms with van der Waals surface area (Å²) in [4.78, 5) is 11.5. The molecule has 0 spiro atoms. The fourth-order valence-corrected chi connectivity index (χ4v) is 1.88. The van der Waals surface area contributed by atoms with Crippen LogP contribution in [-0.4, -0.2) is 16.1 Å². The summed E-state index contributed by atoms with van der Waals surface area (Å²) in [6.45, 7) is 0. The van der Waals surface area contributed by atoms with Crippen molar-refractivity contribution in [3.8, 4) is 11.3 Å². The zero-order valence-electron chi connectivity index (χ0n) is 6.65. The van der Waals surface area contributed by atoms with E-state index in [0.717, 1.165) is 11.3 Å². The van der Waals surface area contributed by atoms with E-state index < -0.39 is 5.91 Å². The van der Waals surface area contributed by atoms with Gasteiger partial charge in [0.1, 0.15) is 4.88 Å². The number of primary amides is 1. The molecule has 0 fully saturated rings. The molecule has 2 aromatic rings. The van der Waals surface area contributed by atoms with Gasteiger partial charge in [-0.2, -0.15) is 5.10 Å². The number of H-pyrrole nitrogens is 1. The summed E-state index contributed by atoms with van der Waals surface area (Å²) in [6, 6.07) is 3.65. The topological polar surface area (TPSA) is 71.8 Å². The van der Waals surface area contributed by atoms with E-state index in [1.54, 1.807) is 12.3 Å². The van der Waals surface area contributed by atoms with Crippen LogP contribution in [0.25, 0.3) is 11.3 Å². The summed E-state index contributed by atoms with van der Waals surface area (Å²) in [5, 5.41) is 8.42. The van der Waals surface area contributed by atoms with Crippen LogP contribution in [0, 0.1) is 0 Å². The number of carbonyl (C=O) groups excluding carboxylic acids is 1. The summed E-state index contributed by atoms with van der Waals surface area (Å²) in [5.74, 6) is -0.403. The molecule has 1 amide bonds. The summed E-state index contributed by atoms with van der Waals surface area (Å²) < 4.78 is 0. The van der Waals surface area contributed by atoms with Gasteiger partial charge in [-0.05, 0) is 17.5 Å². The lowest BCUT2D eigenvalue weighted by Gasteiger charge is -1.95. The first-order chi connectivity index (χ1) is 6.29. The van der Waals surface area contributed by atoms with E-state index in [1.807, 2.05) is 11.4 Å². The Morgan fingerprint density at radius 2 is 2.38 bits per heavy atom. The molecule has 0 bridgehead atoms. The number of nitrogens with zero attached hydrogens (tertiary/aromatic N) is 1. The van der Waals surface area contributed by atoms with Crippen LogP contribution in [0.5, 0.6) is 0 Å². The molecule has 4 nitrogen and oxygen atoms in total. The van der Waals surface area contributed by atoms with Gasteiger partial charge in [0, 0.05) is 11.8 Å². The molecular formula is C8H7N3OS. The van der Waals surface area contributed by atoms with Gasteiger partial charge >= 0.3 is 0 Å². The predicted octanol–water partition coefficient (Wildman–Crippen LogP) is 1.24. The first-order valence-electron chi connectivity index (χ1n) is 3.66. The molecule has 0 unspecified atom stereocenters. The third-order valence-corrected chi connectivity index (χ3v) is 2.61. The SMILES string of the molecule is NC(=O)c1sccc1-c1ccn[nH]1. The Morgan fingerprint density at radius 1 is 1.54 bits per heavy atom. The summed E-state index contributed by atoms with van der Waals surface area (Å²) >= 11 is 1.33. The van der Waals surface area contributed by atoms with Crippen LogP contribution >= 0.6 is 11.3 Å². The number of rotatable bonds is 2. The standard InChI is InChI=1S/C8H7N3OS/c9-8(12)7-5(2-4-13-7)6-1-3-10-11-6/h1-4H,(H2,9,12)(H,10,11). The third-order valence-electron chi connectivity index (χ3n) is 1.68. The molecule has 0 atom stereocenters. The Labute approximate surface area is 78.4 Å². The number of carbonyl (C=O) groups is 1. The van der Waals surface area contributed by atoms with Gasteiger partial charge in [0.25, 0.3) is 5.91 Å². The Hall–Kier alpha value is -1.62. The second-order valence-electron chi connectivity index (χ2n) is 2.50. The van der Waals surface area contributed by atoms with Gasteiger partial charge in [0.05, 0.1) is 5.69 Å². The van der Waals surface area contributed by atoms with Gasteiger partial charge in [-0.25, -0.2) is 0 Å². The number of nitrogens with one attached hydrogen (secondary N) is 1. The van der Waals surface area contributed by atoms with Gasteiger partial charge in [0.15, 0.2) is 0 Å². The van der Waals surface area contributed by atoms with Gasteiger partial charge in [-0.15, -0.1) is 11.3 Å². The molecule has 2 aromatic heterocycles. The maximum absolute atomic E-state index is 11.0. The molecular weight excluding hydrogens is 186 g/mol. The van der Waals surface area contributed by atoms with Crippen LogP contribution < -0.4 is 5.73 Å². The van der Waals surface area contributed by atoms with Crippen molar-refractivity contribution < 1.29 is 4.79 Å². The van der Waals surface area contributed by atoms with Crippen molar-refractivity contribution >= 4 is 17.2 Å². The average molecular weight is 193 g/mol. The smallest absolute Gasteiger partial charge is 0.259 e. The maximum Gasteiger partial charge on any atom is 0.259 e. The minimum absolute atomic E-state index is 0.403. The normalized spacial score (nSPS) is 10.2. The highest BCUT2D eigenvalue weighted by Crippen LogP contribution is 2.25. The van der Waals surface area contributed by atoms with Crippen LogP contribution in [0.3, 0.4) is 0 Å². The molecule has 5 heteroatoms. The van der Waals surface area contributed by atoms with Crippen molar-refractivity contribution in [3.63, 3.8) is 0 Å². The Bertz CT molecular complexity index is 418. The molecule has 0 aliphatic carbocycles. The number of nitrogens with two attached hydrogens (primary N) is 1. The largest absolute Gasteiger partial charge is 0.365 e. The number of thiophene rings is 1. The highest BCUT2D eigenvalue weighted by Gasteiger charge is 2.11. The van der Waals surface area contributed by atoms with Crippen molar-refractivity contribution in [1.29, 1.82) is 0 Å². The molecule has 2 rings (SSSR count). The summed E-state index contributed by atoms with van der Waals surface area (Å²) in [6.07, 6.45) is 1.64. The second-order valence-corrected chi connectivity index (χ2v) is 3.41. The van der Waals surface area contributed by atoms with Crippen molar-refractivity contribution in [2.24, 2.45) is 5.73 Å². The molecule has 13 heavy (non-hydrogen) atoms. The second kappa shape index (κ2) is 3.02. The van der Waals surface area contributed by atoms with Crippen molar-refractivity contribution in [1.82, 2.24) is 10.2 Å². The molecule has 0 saturated carbocycles. The van der Waals surface area contributed by atoms with Crippen LogP contribution in [0.2, 0.25) is 0 Å². The Morgan fingerprint density at radius 3 is 3.00 bits per heavy atom. The lowest BCUT2D eigenvalue weighted by Crippen LogP contribution is -2.09. The Kier molecular flexibility index (Phi) is 1.86. The van der Waals surface area contributed by atoms with Gasteiger partial charge < -0.3 is 5.73 Å². The average Bonchev–Trinajstić information content (AvgIpc) is 2.74. The number of aromatic nitrogens is 2. The van der Waals surface area contributed by atoms with Crippen molar-refractivity contribution in [2.75, 3.05) is 0 Å². The van der Waals surface area contributed by atoms with Crippen molar-refractivity contribution in [3.05, 3.63) is 28.6 Å². The lowest BCUT2D eigenvalue weighted by molar-refractivity contribution is 0.100. The van der Waals surface area contributed by atoms with Gasteiger partial charge in [-0.3, -0.25) is 9.89 Å². The molecule has 66 valence electrons. The van der Waals surface area contributed by atoms with E-state index in [-0.39, 0.29) is 0 Å². The van der Waals surface area contributed by atoms with Gasteiger partial charge in [0.2, 0.25) is 0 Å². The first kappa shape index (κ1) is 8.00. The third kappa shape index (κ3) is 1.33. The molecule has 0 aromatic carbocycles. The first-order valence-corrected chi connectivity index (χ1v) is 4.54. The monoisotopic (exact) mass is 193 g/mol. The summed E-state index contributed by atoms with van der Waals surface area (Å²) in [7, 11) is 0. The van der Waals surface area contributed by atoms with Crippen LogP contribution in [-0.2, 0) is 0 Å². The number of hydrogen-bond donors (Lipinski definition) is 2. The lowest BCUT2D eigenvalue weighted by atomic mass is 10.2. The molecule has 0 radical (unpaired) electrons. The van der Waals surface area contributed by atoms with E-state index >= 15 is 0 Å². The van der Waals surface area contributed by atoms with Crippen LogP contribution in [0.15, 0.2) is 23.7 Å². The zero-order valence-corrected chi connectivity index (χ0v) is 7.47. The van der Waals surface area contributed by atoms with Crippen LogP contribution in [0.1, 0.15) is 9.67 Å². The maximum atomic E-state index is 11.0.